The summed E-state index contributed by atoms with van der Waals surface area (Å²) in [6.45, 7) is 0. The number of nitrogens with two attached hydrogens (primary N) is 1. The zero-order valence-electron chi connectivity index (χ0n) is 13.8. The minimum absolute atomic E-state index is 0.0799. The molecule has 3 aromatic carbocycles. The predicted molar refractivity (Wildman–Crippen MR) is 104 cm³/mol. The van der Waals surface area contributed by atoms with Crippen LogP contribution in [0.5, 0.6) is 0 Å². The number of nitro benzene ring substituents is 1. The van der Waals surface area contributed by atoms with E-state index in [1.54, 1.807) is 48.5 Å². The first-order valence-corrected chi connectivity index (χ1v) is 7.76. The molecule has 0 aliphatic heterocycles. The van der Waals surface area contributed by atoms with Gasteiger partial charge in [-0.25, -0.2) is 0 Å². The predicted octanol–water partition coefficient (Wildman–Crippen LogP) is 4.47. The van der Waals surface area contributed by atoms with Gasteiger partial charge in [0, 0.05) is 34.0 Å². The van der Waals surface area contributed by atoms with Crippen LogP contribution in [0.4, 0.5) is 11.4 Å². The van der Waals surface area contributed by atoms with E-state index in [9.17, 15) is 10.1 Å². The van der Waals surface area contributed by atoms with Gasteiger partial charge in [0.1, 0.15) is 0 Å². The van der Waals surface area contributed by atoms with Gasteiger partial charge in [0.05, 0.1) is 10.5 Å². The van der Waals surface area contributed by atoms with Gasteiger partial charge < -0.3 is 5.73 Å². The standard InChI is InChI=1S/C22H14N2O2/c1-3-15-9-5-7-11-17(15)19-14-22(24(25)26)20(13-21(19)23)18-12-8-6-10-16(18)4-2/h1-2,5-14H,23H2. The quantitative estimate of drug-likeness (QED) is 0.331. The van der Waals surface area contributed by atoms with Gasteiger partial charge in [-0.1, -0.05) is 48.2 Å². The fourth-order valence-electron chi connectivity index (χ4n) is 2.89. The summed E-state index contributed by atoms with van der Waals surface area (Å²) in [6, 6.07) is 17.2. The van der Waals surface area contributed by atoms with Crippen LogP contribution in [0.2, 0.25) is 0 Å². The summed E-state index contributed by atoms with van der Waals surface area (Å²) < 4.78 is 0. The smallest absolute Gasteiger partial charge is 0.278 e. The number of nitrogen functional groups attached to an aromatic ring is 1. The molecule has 124 valence electrons. The van der Waals surface area contributed by atoms with E-state index in [-0.39, 0.29) is 5.69 Å². The van der Waals surface area contributed by atoms with Crippen molar-refractivity contribution in [3.63, 3.8) is 0 Å². The van der Waals surface area contributed by atoms with E-state index in [1.165, 1.54) is 6.07 Å². The summed E-state index contributed by atoms with van der Waals surface area (Å²) in [5.74, 6) is 5.14. The van der Waals surface area contributed by atoms with Crippen molar-refractivity contribution >= 4 is 11.4 Å². The van der Waals surface area contributed by atoms with Crippen LogP contribution in [-0.2, 0) is 0 Å². The number of hydrogen-bond acceptors (Lipinski definition) is 3. The lowest BCUT2D eigenvalue weighted by atomic mass is 9.92. The Balaban J connectivity index is 2.31. The van der Waals surface area contributed by atoms with Gasteiger partial charge in [-0.15, -0.1) is 12.8 Å². The van der Waals surface area contributed by atoms with E-state index in [2.05, 4.69) is 11.8 Å². The SMILES string of the molecule is C#Cc1ccccc1-c1cc([N+](=O)[O-])c(-c2ccccc2C#C)cc1N. The van der Waals surface area contributed by atoms with Gasteiger partial charge in [-0.05, 0) is 23.8 Å². The number of terminal acetylenes is 2. The lowest BCUT2D eigenvalue weighted by molar-refractivity contribution is -0.384. The maximum atomic E-state index is 11.7. The fraction of sp³-hybridized carbons (Fsp3) is 0. The van der Waals surface area contributed by atoms with Crippen molar-refractivity contribution in [2.45, 2.75) is 0 Å². The van der Waals surface area contributed by atoms with E-state index in [0.29, 0.717) is 39.1 Å². The molecule has 0 aromatic heterocycles. The van der Waals surface area contributed by atoms with Crippen molar-refractivity contribution in [2.24, 2.45) is 0 Å². The van der Waals surface area contributed by atoms with E-state index >= 15 is 0 Å². The van der Waals surface area contributed by atoms with Gasteiger partial charge in [0.15, 0.2) is 0 Å². The molecular formula is C22H14N2O2. The highest BCUT2D eigenvalue weighted by atomic mass is 16.6. The summed E-state index contributed by atoms with van der Waals surface area (Å²) in [5, 5.41) is 11.7. The van der Waals surface area contributed by atoms with Crippen LogP contribution in [0.1, 0.15) is 11.1 Å². The molecule has 2 N–H and O–H groups in total. The van der Waals surface area contributed by atoms with Gasteiger partial charge in [-0.3, -0.25) is 10.1 Å². The number of hydrogen-bond donors (Lipinski definition) is 1. The highest BCUT2D eigenvalue weighted by Gasteiger charge is 2.21. The monoisotopic (exact) mass is 338 g/mol. The van der Waals surface area contributed by atoms with Crippen molar-refractivity contribution in [1.29, 1.82) is 0 Å². The number of anilines is 1. The fourth-order valence-corrected chi connectivity index (χ4v) is 2.89. The largest absolute Gasteiger partial charge is 0.398 e. The second-order valence-corrected chi connectivity index (χ2v) is 5.59. The molecule has 0 heterocycles. The van der Waals surface area contributed by atoms with Crippen LogP contribution in [0.25, 0.3) is 22.3 Å². The average Bonchev–Trinajstić information content (AvgIpc) is 2.67. The molecule has 0 spiro atoms. The summed E-state index contributed by atoms with van der Waals surface area (Å²) in [6.07, 6.45) is 11.1. The Kier molecular flexibility index (Phi) is 4.43. The highest BCUT2D eigenvalue weighted by Crippen LogP contribution is 2.40. The molecule has 0 saturated heterocycles. The normalized spacial score (nSPS) is 9.92. The summed E-state index contributed by atoms with van der Waals surface area (Å²) in [7, 11) is 0. The summed E-state index contributed by atoms with van der Waals surface area (Å²) >= 11 is 0. The van der Waals surface area contributed by atoms with Gasteiger partial charge in [-0.2, -0.15) is 0 Å². The molecule has 0 saturated carbocycles. The van der Waals surface area contributed by atoms with Crippen LogP contribution in [0.15, 0.2) is 60.7 Å². The van der Waals surface area contributed by atoms with Crippen molar-refractivity contribution in [1.82, 2.24) is 0 Å². The second-order valence-electron chi connectivity index (χ2n) is 5.59. The molecule has 0 atom stereocenters. The number of nitro groups is 1. The zero-order valence-corrected chi connectivity index (χ0v) is 13.8. The number of nitrogens with zero attached hydrogens (tertiary/aromatic N) is 1. The van der Waals surface area contributed by atoms with E-state index in [0.717, 1.165) is 0 Å². The topological polar surface area (TPSA) is 69.2 Å². The summed E-state index contributed by atoms with van der Waals surface area (Å²) in [5.41, 5.74) is 9.88. The molecule has 0 amide bonds. The van der Waals surface area contributed by atoms with Crippen LogP contribution in [-0.4, -0.2) is 4.92 Å². The number of benzene rings is 3. The van der Waals surface area contributed by atoms with Crippen LogP contribution >= 0.6 is 0 Å². The third-order valence-corrected chi connectivity index (χ3v) is 4.11. The average molecular weight is 338 g/mol. The Morgan fingerprint density at radius 2 is 1.31 bits per heavy atom. The van der Waals surface area contributed by atoms with Crippen molar-refractivity contribution in [3.05, 3.63) is 81.9 Å². The molecule has 3 rings (SSSR count). The van der Waals surface area contributed by atoms with Gasteiger partial charge in [0.25, 0.3) is 5.69 Å². The Hall–Kier alpha value is -4.02. The molecule has 0 unspecified atom stereocenters. The molecule has 0 bridgehead atoms. The third-order valence-electron chi connectivity index (χ3n) is 4.11. The Morgan fingerprint density at radius 1 is 0.808 bits per heavy atom. The van der Waals surface area contributed by atoms with Crippen molar-refractivity contribution in [2.75, 3.05) is 5.73 Å². The second kappa shape index (κ2) is 6.84. The summed E-state index contributed by atoms with van der Waals surface area (Å²) in [4.78, 5) is 11.3. The molecule has 0 aliphatic rings. The Bertz CT molecular complexity index is 1100. The maximum absolute atomic E-state index is 11.7. The van der Waals surface area contributed by atoms with Crippen molar-refractivity contribution < 1.29 is 4.92 Å². The highest BCUT2D eigenvalue weighted by molar-refractivity contribution is 5.90. The molecule has 26 heavy (non-hydrogen) atoms. The lowest BCUT2D eigenvalue weighted by Crippen LogP contribution is -1.99. The van der Waals surface area contributed by atoms with Crippen molar-refractivity contribution in [3.8, 4) is 46.9 Å². The molecule has 0 radical (unpaired) electrons. The van der Waals surface area contributed by atoms with Gasteiger partial charge in [0.2, 0.25) is 0 Å². The molecule has 0 fully saturated rings. The zero-order chi connectivity index (χ0) is 18.7. The Labute approximate surface area is 151 Å². The van der Waals surface area contributed by atoms with E-state index in [1.807, 2.05) is 6.07 Å². The number of rotatable bonds is 3. The Morgan fingerprint density at radius 3 is 1.81 bits per heavy atom. The first-order chi connectivity index (χ1) is 12.6. The van der Waals surface area contributed by atoms with Crippen LogP contribution < -0.4 is 5.73 Å². The maximum Gasteiger partial charge on any atom is 0.278 e. The molecule has 4 nitrogen and oxygen atoms in total. The molecular weight excluding hydrogens is 324 g/mol. The molecule has 3 aromatic rings. The van der Waals surface area contributed by atoms with Crippen LogP contribution in [0.3, 0.4) is 0 Å². The molecule has 0 aliphatic carbocycles. The lowest BCUT2D eigenvalue weighted by Gasteiger charge is -2.12. The molecule has 4 heteroatoms. The minimum atomic E-state index is -0.440. The van der Waals surface area contributed by atoms with Crippen LogP contribution in [0, 0.1) is 34.8 Å². The van der Waals surface area contributed by atoms with Gasteiger partial charge >= 0.3 is 0 Å². The first-order valence-electron chi connectivity index (χ1n) is 7.76. The van der Waals surface area contributed by atoms with E-state index in [4.69, 9.17) is 18.6 Å². The third kappa shape index (κ3) is 2.88. The van der Waals surface area contributed by atoms with E-state index < -0.39 is 4.92 Å². The first kappa shape index (κ1) is 16.8. The minimum Gasteiger partial charge on any atom is -0.398 e.